The van der Waals surface area contributed by atoms with Gasteiger partial charge in [-0.2, -0.15) is 10.2 Å². The Morgan fingerprint density at radius 3 is 2.52 bits per heavy atom. The highest BCUT2D eigenvalue weighted by atomic mass is 16.1. The molecule has 0 aliphatic carbocycles. The second kappa shape index (κ2) is 11.2. The molecule has 3 N–H and O–H groups in total. The van der Waals surface area contributed by atoms with Gasteiger partial charge in [0.05, 0.1) is 29.2 Å². The molecule has 0 aliphatic heterocycles. The normalized spacial score (nSPS) is 11.2. The molecule has 3 heterocycles. The Bertz CT molecular complexity index is 1920. The first kappa shape index (κ1) is 26.7. The molecule has 10 nitrogen and oxygen atoms in total. The van der Waals surface area contributed by atoms with E-state index in [-0.39, 0.29) is 5.91 Å². The van der Waals surface area contributed by atoms with Crippen molar-refractivity contribution in [1.82, 2.24) is 29.1 Å². The Morgan fingerprint density at radius 1 is 0.929 bits per heavy atom. The molecule has 0 fully saturated rings. The summed E-state index contributed by atoms with van der Waals surface area (Å²) in [6.45, 7) is 0. The van der Waals surface area contributed by atoms with E-state index in [4.69, 9.17) is 10.7 Å². The third-order valence-corrected chi connectivity index (χ3v) is 7.23. The molecule has 6 aromatic rings. The summed E-state index contributed by atoms with van der Waals surface area (Å²) in [6, 6.07) is 21.0. The van der Waals surface area contributed by atoms with E-state index in [1.54, 1.807) is 27.8 Å². The lowest BCUT2D eigenvalue weighted by Gasteiger charge is -2.14. The molecule has 6 rings (SSSR count). The van der Waals surface area contributed by atoms with Gasteiger partial charge in [-0.1, -0.05) is 30.3 Å². The number of nitrogens with zero attached hydrogens (tertiary/aromatic N) is 6. The van der Waals surface area contributed by atoms with Gasteiger partial charge < -0.3 is 11.1 Å². The van der Waals surface area contributed by atoms with Crippen LogP contribution in [0.1, 0.15) is 28.9 Å². The number of hydrogen-bond acceptors (Lipinski definition) is 5. The van der Waals surface area contributed by atoms with Gasteiger partial charge in [-0.25, -0.2) is 4.98 Å². The van der Waals surface area contributed by atoms with Gasteiger partial charge in [0.25, 0.3) is 0 Å². The minimum Gasteiger partial charge on any atom is -0.366 e. The van der Waals surface area contributed by atoms with E-state index in [1.807, 2.05) is 91.7 Å². The summed E-state index contributed by atoms with van der Waals surface area (Å²) in [4.78, 5) is 30.4. The highest BCUT2D eigenvalue weighted by Crippen LogP contribution is 2.36. The van der Waals surface area contributed by atoms with Crippen LogP contribution >= 0.6 is 0 Å². The van der Waals surface area contributed by atoms with E-state index in [9.17, 15) is 9.59 Å². The van der Waals surface area contributed by atoms with E-state index in [1.165, 1.54) is 0 Å². The zero-order valence-corrected chi connectivity index (χ0v) is 23.4. The third kappa shape index (κ3) is 5.29. The number of hydrogen-bond donors (Lipinski definition) is 2. The average Bonchev–Trinajstić information content (AvgIpc) is 3.71. The van der Waals surface area contributed by atoms with Crippen molar-refractivity contribution in [3.05, 3.63) is 103 Å². The Morgan fingerprint density at radius 2 is 1.76 bits per heavy atom. The van der Waals surface area contributed by atoms with E-state index in [0.717, 1.165) is 39.1 Å². The maximum Gasteiger partial charge on any atom is 0.249 e. The maximum atomic E-state index is 12.8. The first-order valence-electron chi connectivity index (χ1n) is 13.6. The fraction of sp³-hybridized carbons (Fsp3) is 0.156. The predicted octanol–water partition coefficient (Wildman–Crippen LogP) is 4.89. The van der Waals surface area contributed by atoms with E-state index in [0.29, 0.717) is 36.2 Å². The second-order valence-electron chi connectivity index (χ2n) is 10.2. The molecule has 3 aromatic heterocycles. The zero-order valence-electron chi connectivity index (χ0n) is 23.4. The number of amides is 2. The van der Waals surface area contributed by atoms with Crippen LogP contribution in [0.15, 0.2) is 91.5 Å². The monoisotopic (exact) mass is 558 g/mol. The molecule has 0 aliphatic rings. The summed E-state index contributed by atoms with van der Waals surface area (Å²) >= 11 is 0. The molecule has 3 aromatic carbocycles. The van der Waals surface area contributed by atoms with Crippen molar-refractivity contribution >= 4 is 28.4 Å². The maximum absolute atomic E-state index is 12.8. The quantitative estimate of drug-likeness (QED) is 0.261. The smallest absolute Gasteiger partial charge is 0.249 e. The van der Waals surface area contributed by atoms with Crippen molar-refractivity contribution < 1.29 is 9.59 Å². The first-order valence-corrected chi connectivity index (χ1v) is 13.6. The minimum atomic E-state index is -0.541. The van der Waals surface area contributed by atoms with Crippen molar-refractivity contribution in [1.29, 1.82) is 0 Å². The lowest BCUT2D eigenvalue weighted by atomic mass is 9.96. The number of nitrogens with one attached hydrogen (secondary N) is 1. The number of carbonyl (C=O) groups is 2. The Kier molecular flexibility index (Phi) is 7.10. The molecule has 2 amide bonds. The van der Waals surface area contributed by atoms with E-state index >= 15 is 0 Å². The first-order chi connectivity index (χ1) is 20.4. The second-order valence-corrected chi connectivity index (χ2v) is 10.2. The molecule has 0 radical (unpaired) electrons. The Labute approximate surface area is 242 Å². The largest absolute Gasteiger partial charge is 0.366 e. The van der Waals surface area contributed by atoms with Gasteiger partial charge in [-0.3, -0.25) is 23.5 Å². The number of carbonyl (C=O) groups excluding carboxylic acids is 2. The van der Waals surface area contributed by atoms with Crippen LogP contribution in [0.3, 0.4) is 0 Å². The molecule has 0 unspecified atom stereocenters. The van der Waals surface area contributed by atoms with Gasteiger partial charge in [0.15, 0.2) is 0 Å². The van der Waals surface area contributed by atoms with Crippen LogP contribution in [0.4, 0.5) is 5.69 Å². The summed E-state index contributed by atoms with van der Waals surface area (Å²) in [7, 11) is 3.73. The molecule has 0 spiro atoms. The number of aryl methyl sites for hydroxylation is 3. The van der Waals surface area contributed by atoms with Gasteiger partial charge in [0.1, 0.15) is 5.82 Å². The van der Waals surface area contributed by atoms with Crippen LogP contribution in [0.25, 0.3) is 39.1 Å². The summed E-state index contributed by atoms with van der Waals surface area (Å²) in [5.74, 6) is -0.0152. The van der Waals surface area contributed by atoms with Crippen molar-refractivity contribution in [2.75, 3.05) is 5.32 Å². The predicted molar refractivity (Wildman–Crippen MR) is 162 cm³/mol. The third-order valence-electron chi connectivity index (χ3n) is 7.23. The van der Waals surface area contributed by atoms with Crippen LogP contribution < -0.4 is 11.1 Å². The molecular weight excluding hydrogens is 528 g/mol. The lowest BCUT2D eigenvalue weighted by molar-refractivity contribution is -0.116. The summed E-state index contributed by atoms with van der Waals surface area (Å²) < 4.78 is 5.48. The molecule has 0 saturated carbocycles. The number of nitrogens with two attached hydrogens (primary N) is 1. The van der Waals surface area contributed by atoms with E-state index in [2.05, 4.69) is 15.5 Å². The number of anilines is 1. The van der Waals surface area contributed by atoms with Gasteiger partial charge in [0.2, 0.25) is 11.8 Å². The minimum absolute atomic E-state index is 0.0705. The lowest BCUT2D eigenvalue weighted by Crippen LogP contribution is -2.14. The van der Waals surface area contributed by atoms with Gasteiger partial charge in [-0.05, 0) is 54.8 Å². The van der Waals surface area contributed by atoms with Gasteiger partial charge in [-0.15, -0.1) is 0 Å². The number of imidazole rings is 1. The van der Waals surface area contributed by atoms with Crippen molar-refractivity contribution in [2.24, 2.45) is 19.8 Å². The van der Waals surface area contributed by atoms with Gasteiger partial charge >= 0.3 is 0 Å². The molecular formula is C32H30N8O2. The molecule has 0 atom stereocenters. The number of primary amides is 1. The highest BCUT2D eigenvalue weighted by molar-refractivity contribution is 6.03. The van der Waals surface area contributed by atoms with Crippen LogP contribution in [-0.2, 0) is 25.3 Å². The number of para-hydroxylation sites is 1. The van der Waals surface area contributed by atoms with Crippen molar-refractivity contribution in [2.45, 2.75) is 19.3 Å². The molecule has 0 bridgehead atoms. The van der Waals surface area contributed by atoms with Crippen LogP contribution in [0.2, 0.25) is 0 Å². The highest BCUT2D eigenvalue weighted by Gasteiger charge is 2.22. The van der Waals surface area contributed by atoms with E-state index < -0.39 is 5.91 Å². The standard InChI is InChI=1S/C32H30N8O2/c1-38-19-22(18-34-38)26-11-7-12-27(31(33)42)30(26)32-37-24(20-40(32)25-9-4-3-5-10-25)8-6-13-29(41)36-23-14-15-28-21(16-23)17-35-39(28)2/h3-5,7,9-12,14-20H,6,8,13H2,1-2H3,(H2,33,42)(H,36,41). The Hall–Kier alpha value is -5.51. The fourth-order valence-electron chi connectivity index (χ4n) is 5.21. The number of benzene rings is 3. The SMILES string of the molecule is Cn1cc(-c2cccc(C(N)=O)c2-c2nc(CCCC(=O)Nc3ccc4c(cnn4C)c3)cn2-c2ccccc2)cn1. The Balaban J connectivity index is 1.28. The zero-order chi connectivity index (χ0) is 29.2. The fourth-order valence-corrected chi connectivity index (χ4v) is 5.21. The molecule has 42 heavy (non-hydrogen) atoms. The molecule has 210 valence electrons. The summed E-state index contributed by atoms with van der Waals surface area (Å²) in [5.41, 5.74) is 12.0. The summed E-state index contributed by atoms with van der Waals surface area (Å²) in [6.07, 6.45) is 8.89. The number of fused-ring (bicyclic) bond motifs is 1. The molecule has 0 saturated heterocycles. The van der Waals surface area contributed by atoms with Gasteiger partial charge in [0, 0.05) is 60.8 Å². The van der Waals surface area contributed by atoms with Crippen molar-refractivity contribution in [3.8, 4) is 28.2 Å². The number of aromatic nitrogens is 6. The van der Waals surface area contributed by atoms with Crippen LogP contribution in [0.5, 0.6) is 0 Å². The topological polar surface area (TPSA) is 126 Å². The number of rotatable bonds is 9. The van der Waals surface area contributed by atoms with Crippen LogP contribution in [0, 0.1) is 0 Å². The van der Waals surface area contributed by atoms with Crippen molar-refractivity contribution in [3.63, 3.8) is 0 Å². The molecule has 10 heteroatoms. The summed E-state index contributed by atoms with van der Waals surface area (Å²) in [5, 5.41) is 12.5. The average molecular weight is 559 g/mol. The van der Waals surface area contributed by atoms with Crippen LogP contribution in [-0.4, -0.2) is 40.9 Å².